The largest absolute Gasteiger partial charge is 0.363 e. The van der Waals surface area contributed by atoms with E-state index in [2.05, 4.69) is 15.0 Å². The van der Waals surface area contributed by atoms with Crippen molar-refractivity contribution in [3.8, 4) is 0 Å². The Balaban J connectivity index is 1.54. The summed E-state index contributed by atoms with van der Waals surface area (Å²) in [6, 6.07) is 10.3. The van der Waals surface area contributed by atoms with E-state index in [4.69, 9.17) is 0 Å². The van der Waals surface area contributed by atoms with Crippen LogP contribution in [0.3, 0.4) is 0 Å². The number of pyridine rings is 1. The zero-order valence-corrected chi connectivity index (χ0v) is 16.7. The molecule has 0 unspecified atom stereocenters. The molecule has 0 aliphatic heterocycles. The van der Waals surface area contributed by atoms with Gasteiger partial charge in [-0.15, -0.1) is 0 Å². The zero-order chi connectivity index (χ0) is 20.1. The van der Waals surface area contributed by atoms with Crippen molar-refractivity contribution in [2.24, 2.45) is 0 Å². The van der Waals surface area contributed by atoms with Crippen molar-refractivity contribution in [2.75, 3.05) is 19.0 Å². The minimum absolute atomic E-state index is 0.0717. The third kappa shape index (κ3) is 5.64. The summed E-state index contributed by atoms with van der Waals surface area (Å²) in [4.78, 5) is 18.4. The highest BCUT2D eigenvalue weighted by atomic mass is 32.2. The summed E-state index contributed by atoms with van der Waals surface area (Å²) >= 11 is 0. The number of sulfonamides is 1. The number of carbonyl (C=O) groups excluding carboxylic acids is 1. The van der Waals surface area contributed by atoms with Crippen LogP contribution < -0.4 is 14.9 Å². The molecule has 1 aliphatic rings. The molecule has 148 valence electrons. The van der Waals surface area contributed by atoms with Crippen molar-refractivity contribution in [1.29, 1.82) is 0 Å². The first-order valence-electron chi connectivity index (χ1n) is 9.04. The van der Waals surface area contributed by atoms with E-state index < -0.39 is 10.0 Å². The summed E-state index contributed by atoms with van der Waals surface area (Å²) < 4.78 is 26.9. The van der Waals surface area contributed by atoms with Crippen LogP contribution in [0.1, 0.15) is 24.0 Å². The zero-order valence-electron chi connectivity index (χ0n) is 15.9. The Hall–Kier alpha value is -2.71. The molecule has 0 saturated heterocycles. The molecule has 1 aromatic carbocycles. The van der Waals surface area contributed by atoms with E-state index in [-0.39, 0.29) is 16.8 Å². The summed E-state index contributed by atoms with van der Waals surface area (Å²) in [7, 11) is 0.361. The molecule has 0 atom stereocenters. The maximum atomic E-state index is 12.1. The Morgan fingerprint density at radius 3 is 2.57 bits per heavy atom. The molecule has 1 fully saturated rings. The van der Waals surface area contributed by atoms with Gasteiger partial charge in [-0.05, 0) is 54.3 Å². The Morgan fingerprint density at radius 2 is 1.93 bits per heavy atom. The number of anilines is 1. The molecular weight excluding hydrogens is 376 g/mol. The first-order chi connectivity index (χ1) is 13.3. The summed E-state index contributed by atoms with van der Waals surface area (Å²) in [5.41, 5.74) is 1.71. The van der Waals surface area contributed by atoms with Crippen molar-refractivity contribution in [3.05, 3.63) is 59.8 Å². The van der Waals surface area contributed by atoms with Crippen LogP contribution in [0.15, 0.2) is 53.6 Å². The minimum Gasteiger partial charge on any atom is -0.363 e. The summed E-state index contributed by atoms with van der Waals surface area (Å²) in [5, 5.41) is 2.82. The fourth-order valence-corrected chi connectivity index (χ4v) is 3.79. The average molecular weight is 401 g/mol. The van der Waals surface area contributed by atoms with Crippen molar-refractivity contribution in [2.45, 2.75) is 30.3 Å². The predicted octanol–water partition coefficient (Wildman–Crippen LogP) is 1.92. The number of amides is 1. The summed E-state index contributed by atoms with van der Waals surface area (Å²) in [6.45, 7) is 0.399. The minimum atomic E-state index is -3.46. The fraction of sp³-hybridized carbons (Fsp3) is 0.300. The third-order valence-corrected chi connectivity index (χ3v) is 5.79. The monoisotopic (exact) mass is 400 g/mol. The van der Waals surface area contributed by atoms with Crippen LogP contribution in [-0.2, 0) is 21.4 Å². The third-order valence-electron chi connectivity index (χ3n) is 4.25. The fourth-order valence-electron chi connectivity index (χ4n) is 2.48. The maximum Gasteiger partial charge on any atom is 0.244 e. The van der Waals surface area contributed by atoms with E-state index in [0.29, 0.717) is 6.54 Å². The standard InChI is InChI=1S/C20H24N4O3S/c1-24(2)19-13-16(11-12-21-19)14-22-20(25)10-5-15-3-8-18(9-4-15)28(26,27)23-17-6-7-17/h3-5,8-13,17,23H,6-7,14H2,1-2H3,(H,22,25)/b10-5+. The van der Waals surface area contributed by atoms with Gasteiger partial charge in [-0.3, -0.25) is 4.79 Å². The van der Waals surface area contributed by atoms with Crippen LogP contribution in [0.4, 0.5) is 5.82 Å². The van der Waals surface area contributed by atoms with E-state index in [1.54, 1.807) is 36.5 Å². The average Bonchev–Trinajstić information content (AvgIpc) is 3.48. The SMILES string of the molecule is CN(C)c1cc(CNC(=O)/C=C/c2ccc(S(=O)(=O)NC3CC3)cc2)ccn1. The first kappa shape index (κ1) is 20.0. The van der Waals surface area contributed by atoms with Gasteiger partial charge in [0.05, 0.1) is 4.90 Å². The number of rotatable bonds is 8. The quantitative estimate of drug-likeness (QED) is 0.661. The lowest BCUT2D eigenvalue weighted by atomic mass is 10.2. The number of nitrogens with zero attached hydrogens (tertiary/aromatic N) is 2. The van der Waals surface area contributed by atoms with Crippen LogP contribution in [0.5, 0.6) is 0 Å². The lowest BCUT2D eigenvalue weighted by Gasteiger charge is -2.12. The molecule has 7 nitrogen and oxygen atoms in total. The van der Waals surface area contributed by atoms with Gasteiger partial charge in [-0.25, -0.2) is 18.1 Å². The van der Waals surface area contributed by atoms with Crippen LogP contribution in [0.25, 0.3) is 6.08 Å². The van der Waals surface area contributed by atoms with Crippen LogP contribution in [-0.4, -0.2) is 39.4 Å². The van der Waals surface area contributed by atoms with Gasteiger partial charge in [-0.2, -0.15) is 0 Å². The summed E-state index contributed by atoms with van der Waals surface area (Å²) in [5.74, 6) is 0.601. The molecule has 1 aliphatic carbocycles. The van der Waals surface area contributed by atoms with Gasteiger partial charge in [0, 0.05) is 39.0 Å². The number of hydrogen-bond acceptors (Lipinski definition) is 5. The van der Waals surface area contributed by atoms with Crippen LogP contribution in [0, 0.1) is 0 Å². The molecule has 0 radical (unpaired) electrons. The molecule has 2 aromatic rings. The number of hydrogen-bond donors (Lipinski definition) is 2. The second-order valence-corrected chi connectivity index (χ2v) is 8.65. The second kappa shape index (κ2) is 8.53. The van der Waals surface area contributed by atoms with Crippen molar-refractivity contribution >= 4 is 27.8 Å². The van der Waals surface area contributed by atoms with Crippen molar-refractivity contribution < 1.29 is 13.2 Å². The highest BCUT2D eigenvalue weighted by Crippen LogP contribution is 2.22. The van der Waals surface area contributed by atoms with Gasteiger partial charge in [-0.1, -0.05) is 12.1 Å². The molecule has 0 bridgehead atoms. The summed E-state index contributed by atoms with van der Waals surface area (Å²) in [6.07, 6.45) is 6.58. The predicted molar refractivity (Wildman–Crippen MR) is 109 cm³/mol. The number of aromatic nitrogens is 1. The van der Waals surface area contributed by atoms with Gasteiger partial charge in [0.2, 0.25) is 15.9 Å². The van der Waals surface area contributed by atoms with Crippen molar-refractivity contribution in [3.63, 3.8) is 0 Å². The number of nitrogens with one attached hydrogen (secondary N) is 2. The Kier molecular flexibility index (Phi) is 6.11. The highest BCUT2D eigenvalue weighted by Gasteiger charge is 2.27. The second-order valence-electron chi connectivity index (χ2n) is 6.93. The Morgan fingerprint density at radius 1 is 1.21 bits per heavy atom. The van der Waals surface area contributed by atoms with Gasteiger partial charge in [0.25, 0.3) is 0 Å². The lowest BCUT2D eigenvalue weighted by Crippen LogP contribution is -2.25. The van der Waals surface area contributed by atoms with Crippen LogP contribution >= 0.6 is 0 Å². The molecule has 3 rings (SSSR count). The maximum absolute atomic E-state index is 12.1. The van der Waals surface area contributed by atoms with Crippen LogP contribution in [0.2, 0.25) is 0 Å². The van der Waals surface area contributed by atoms with Gasteiger partial charge >= 0.3 is 0 Å². The number of benzene rings is 1. The normalized spacial score (nSPS) is 14.2. The van der Waals surface area contributed by atoms with E-state index in [1.807, 2.05) is 31.1 Å². The molecule has 8 heteroatoms. The smallest absolute Gasteiger partial charge is 0.244 e. The number of carbonyl (C=O) groups is 1. The van der Waals surface area contributed by atoms with E-state index in [9.17, 15) is 13.2 Å². The van der Waals surface area contributed by atoms with E-state index in [0.717, 1.165) is 29.8 Å². The highest BCUT2D eigenvalue weighted by molar-refractivity contribution is 7.89. The molecule has 2 N–H and O–H groups in total. The van der Waals surface area contributed by atoms with E-state index >= 15 is 0 Å². The molecule has 1 heterocycles. The molecule has 1 amide bonds. The van der Waals surface area contributed by atoms with Gasteiger partial charge in [0.15, 0.2) is 0 Å². The van der Waals surface area contributed by atoms with Gasteiger partial charge < -0.3 is 10.2 Å². The lowest BCUT2D eigenvalue weighted by molar-refractivity contribution is -0.116. The van der Waals surface area contributed by atoms with Gasteiger partial charge in [0.1, 0.15) is 5.82 Å². The molecular formula is C20H24N4O3S. The molecule has 1 saturated carbocycles. The molecule has 0 spiro atoms. The Labute approximate surface area is 165 Å². The molecule has 1 aromatic heterocycles. The first-order valence-corrected chi connectivity index (χ1v) is 10.5. The Bertz CT molecular complexity index is 965. The van der Waals surface area contributed by atoms with E-state index in [1.165, 1.54) is 6.08 Å². The van der Waals surface area contributed by atoms with Crippen molar-refractivity contribution in [1.82, 2.24) is 15.0 Å². The topological polar surface area (TPSA) is 91.4 Å². The molecule has 28 heavy (non-hydrogen) atoms.